The van der Waals surface area contributed by atoms with Crippen LogP contribution in [0.3, 0.4) is 0 Å². The fourth-order valence-corrected chi connectivity index (χ4v) is 1.99. The van der Waals surface area contributed by atoms with Crippen molar-refractivity contribution >= 4 is 34.9 Å². The first-order chi connectivity index (χ1) is 11.4. The minimum atomic E-state index is -1.19. The van der Waals surface area contributed by atoms with Crippen LogP contribution in [0.5, 0.6) is 0 Å². The number of hydrogen-bond acceptors (Lipinski definition) is 6. The molecule has 1 aromatic carbocycles. The standard InChI is InChI=1S/C15H12ClN3O5/c1-9(24-15(21)10-5-4-8-17-13(10)16)14(20)18-11-6-2-3-7-12(11)19(22)23/h2-9H,1H3,(H,18,20). The van der Waals surface area contributed by atoms with E-state index in [4.69, 9.17) is 16.3 Å². The number of pyridine rings is 1. The molecule has 1 heterocycles. The number of carbonyl (C=O) groups is 2. The van der Waals surface area contributed by atoms with E-state index < -0.39 is 22.9 Å². The number of nitro groups is 1. The van der Waals surface area contributed by atoms with Crippen LogP contribution in [0.4, 0.5) is 11.4 Å². The van der Waals surface area contributed by atoms with Crippen LogP contribution >= 0.6 is 11.6 Å². The molecule has 0 aliphatic heterocycles. The summed E-state index contributed by atoms with van der Waals surface area (Å²) in [6.07, 6.45) is 0.220. The number of nitro benzene ring substituents is 1. The molecule has 0 bridgehead atoms. The Morgan fingerprint density at radius 1 is 1.29 bits per heavy atom. The van der Waals surface area contributed by atoms with E-state index >= 15 is 0 Å². The van der Waals surface area contributed by atoms with E-state index in [0.717, 1.165) is 0 Å². The topological polar surface area (TPSA) is 111 Å². The third kappa shape index (κ3) is 4.05. The fraction of sp³-hybridized carbons (Fsp3) is 0.133. The summed E-state index contributed by atoms with van der Waals surface area (Å²) in [5.74, 6) is -1.53. The van der Waals surface area contributed by atoms with E-state index in [-0.39, 0.29) is 22.1 Å². The Labute approximate surface area is 141 Å². The van der Waals surface area contributed by atoms with Crippen molar-refractivity contribution < 1.29 is 19.2 Å². The Kier molecular flexibility index (Phi) is 5.43. The minimum Gasteiger partial charge on any atom is -0.449 e. The van der Waals surface area contributed by atoms with Gasteiger partial charge in [-0.2, -0.15) is 0 Å². The van der Waals surface area contributed by atoms with Crippen molar-refractivity contribution in [3.63, 3.8) is 0 Å². The summed E-state index contributed by atoms with van der Waals surface area (Å²) < 4.78 is 5.01. The number of aromatic nitrogens is 1. The van der Waals surface area contributed by atoms with Crippen molar-refractivity contribution in [1.82, 2.24) is 4.98 Å². The molecular formula is C15H12ClN3O5. The number of anilines is 1. The molecule has 0 aliphatic carbocycles. The molecule has 1 atom stereocenters. The monoisotopic (exact) mass is 349 g/mol. The molecule has 9 heteroatoms. The third-order valence-electron chi connectivity index (χ3n) is 2.99. The molecule has 0 aliphatic rings. The molecular weight excluding hydrogens is 338 g/mol. The van der Waals surface area contributed by atoms with Gasteiger partial charge >= 0.3 is 5.97 Å². The molecule has 1 N–H and O–H groups in total. The Bertz CT molecular complexity index is 796. The maximum atomic E-state index is 12.1. The lowest BCUT2D eigenvalue weighted by atomic mass is 10.2. The second-order valence-electron chi connectivity index (χ2n) is 4.65. The zero-order chi connectivity index (χ0) is 17.7. The van der Waals surface area contributed by atoms with E-state index in [9.17, 15) is 19.7 Å². The van der Waals surface area contributed by atoms with Crippen LogP contribution in [0.2, 0.25) is 5.15 Å². The highest BCUT2D eigenvalue weighted by atomic mass is 35.5. The van der Waals surface area contributed by atoms with Gasteiger partial charge in [0.25, 0.3) is 11.6 Å². The number of esters is 1. The molecule has 24 heavy (non-hydrogen) atoms. The number of nitrogens with one attached hydrogen (secondary N) is 1. The summed E-state index contributed by atoms with van der Waals surface area (Å²) in [4.78, 5) is 38.1. The van der Waals surface area contributed by atoms with Gasteiger partial charge in [0.05, 0.1) is 10.5 Å². The van der Waals surface area contributed by atoms with Gasteiger partial charge < -0.3 is 10.1 Å². The van der Waals surface area contributed by atoms with E-state index in [2.05, 4.69) is 10.3 Å². The number of para-hydroxylation sites is 2. The van der Waals surface area contributed by atoms with Crippen LogP contribution in [0, 0.1) is 10.1 Å². The van der Waals surface area contributed by atoms with Gasteiger partial charge in [-0.25, -0.2) is 9.78 Å². The molecule has 124 valence electrons. The van der Waals surface area contributed by atoms with Crippen LogP contribution in [-0.2, 0) is 9.53 Å². The van der Waals surface area contributed by atoms with Gasteiger partial charge in [-0.3, -0.25) is 14.9 Å². The molecule has 0 saturated carbocycles. The molecule has 0 fully saturated rings. The highest BCUT2D eigenvalue weighted by molar-refractivity contribution is 6.32. The van der Waals surface area contributed by atoms with Crippen molar-refractivity contribution in [2.45, 2.75) is 13.0 Å². The van der Waals surface area contributed by atoms with Crippen LogP contribution in [-0.4, -0.2) is 27.9 Å². The maximum absolute atomic E-state index is 12.1. The lowest BCUT2D eigenvalue weighted by molar-refractivity contribution is -0.383. The van der Waals surface area contributed by atoms with Crippen molar-refractivity contribution in [2.24, 2.45) is 0 Å². The molecule has 0 radical (unpaired) electrons. The van der Waals surface area contributed by atoms with Gasteiger partial charge in [-0.1, -0.05) is 23.7 Å². The number of ether oxygens (including phenoxy) is 1. The molecule has 8 nitrogen and oxygen atoms in total. The summed E-state index contributed by atoms with van der Waals surface area (Å²) in [7, 11) is 0. The number of rotatable bonds is 5. The molecule has 2 aromatic rings. The summed E-state index contributed by atoms with van der Waals surface area (Å²) in [5, 5.41) is 13.2. The number of nitrogens with zero attached hydrogens (tertiary/aromatic N) is 2. The fourth-order valence-electron chi connectivity index (χ4n) is 1.79. The molecule has 1 aromatic heterocycles. The van der Waals surface area contributed by atoms with Crippen LogP contribution in [0.25, 0.3) is 0 Å². The first kappa shape index (κ1) is 17.4. The number of hydrogen-bond donors (Lipinski definition) is 1. The van der Waals surface area contributed by atoms with E-state index in [0.29, 0.717) is 0 Å². The summed E-state index contributed by atoms with van der Waals surface area (Å²) in [5.41, 5.74) is -0.237. The number of benzene rings is 1. The van der Waals surface area contributed by atoms with E-state index in [1.165, 1.54) is 49.5 Å². The normalized spacial score (nSPS) is 11.4. The lowest BCUT2D eigenvalue weighted by Crippen LogP contribution is -2.30. The second-order valence-corrected chi connectivity index (χ2v) is 5.01. The quantitative estimate of drug-likeness (QED) is 0.384. The van der Waals surface area contributed by atoms with Crippen molar-refractivity contribution in [1.29, 1.82) is 0 Å². The average Bonchev–Trinajstić information content (AvgIpc) is 2.55. The maximum Gasteiger partial charge on any atom is 0.342 e. The SMILES string of the molecule is CC(OC(=O)c1cccnc1Cl)C(=O)Nc1ccccc1[N+](=O)[O-]. The van der Waals surface area contributed by atoms with Gasteiger partial charge in [0, 0.05) is 12.3 Å². The molecule has 0 spiro atoms. The average molecular weight is 350 g/mol. The Hall–Kier alpha value is -3.00. The van der Waals surface area contributed by atoms with Gasteiger partial charge in [0.2, 0.25) is 0 Å². The molecule has 1 amide bonds. The smallest absolute Gasteiger partial charge is 0.342 e. The molecule has 2 rings (SSSR count). The van der Waals surface area contributed by atoms with Gasteiger partial charge in [0.15, 0.2) is 6.10 Å². The summed E-state index contributed by atoms with van der Waals surface area (Å²) in [6, 6.07) is 8.55. The van der Waals surface area contributed by atoms with Crippen LogP contribution < -0.4 is 5.32 Å². The second kappa shape index (κ2) is 7.51. The predicted molar refractivity (Wildman–Crippen MR) is 85.9 cm³/mol. The van der Waals surface area contributed by atoms with Gasteiger partial charge in [-0.15, -0.1) is 0 Å². The van der Waals surface area contributed by atoms with Crippen molar-refractivity contribution in [3.05, 3.63) is 63.4 Å². The summed E-state index contributed by atoms with van der Waals surface area (Å²) in [6.45, 7) is 1.34. The molecule has 0 saturated heterocycles. The highest BCUT2D eigenvalue weighted by Gasteiger charge is 2.23. The Morgan fingerprint density at radius 2 is 2.00 bits per heavy atom. The van der Waals surface area contributed by atoms with Crippen molar-refractivity contribution in [3.8, 4) is 0 Å². The summed E-state index contributed by atoms with van der Waals surface area (Å²) >= 11 is 5.78. The minimum absolute atomic E-state index is 0.00908. The number of carbonyl (C=O) groups excluding carboxylic acids is 2. The molecule has 1 unspecified atom stereocenters. The van der Waals surface area contributed by atoms with Gasteiger partial charge in [0.1, 0.15) is 10.8 Å². The first-order valence-corrected chi connectivity index (χ1v) is 7.13. The lowest BCUT2D eigenvalue weighted by Gasteiger charge is -2.13. The Balaban J connectivity index is 2.07. The van der Waals surface area contributed by atoms with Crippen LogP contribution in [0.15, 0.2) is 42.6 Å². The predicted octanol–water partition coefficient (Wildman–Crippen LogP) is 2.83. The first-order valence-electron chi connectivity index (χ1n) is 6.76. The number of halogens is 1. The van der Waals surface area contributed by atoms with Crippen LogP contribution in [0.1, 0.15) is 17.3 Å². The zero-order valence-electron chi connectivity index (χ0n) is 12.4. The van der Waals surface area contributed by atoms with Gasteiger partial charge in [-0.05, 0) is 25.1 Å². The Morgan fingerprint density at radius 3 is 2.67 bits per heavy atom. The third-order valence-corrected chi connectivity index (χ3v) is 3.29. The van der Waals surface area contributed by atoms with E-state index in [1.807, 2.05) is 0 Å². The number of amides is 1. The highest BCUT2D eigenvalue weighted by Crippen LogP contribution is 2.23. The van der Waals surface area contributed by atoms with E-state index in [1.54, 1.807) is 0 Å². The largest absolute Gasteiger partial charge is 0.449 e. The zero-order valence-corrected chi connectivity index (χ0v) is 13.2. The van der Waals surface area contributed by atoms with Crippen molar-refractivity contribution in [2.75, 3.05) is 5.32 Å².